The van der Waals surface area contributed by atoms with Crippen LogP contribution in [0.15, 0.2) is 16.8 Å². The van der Waals surface area contributed by atoms with Crippen molar-refractivity contribution in [1.29, 1.82) is 0 Å². The van der Waals surface area contributed by atoms with E-state index in [9.17, 15) is 4.79 Å². The Balaban J connectivity index is 1.88. The fraction of sp³-hybridized carbons (Fsp3) is 0.583. The summed E-state index contributed by atoms with van der Waals surface area (Å²) in [4.78, 5) is 16.3. The summed E-state index contributed by atoms with van der Waals surface area (Å²) in [5.41, 5.74) is 1.19. The van der Waals surface area contributed by atoms with Gasteiger partial charge in [0.15, 0.2) is 0 Å². The number of nitrogens with zero attached hydrogens (tertiary/aromatic N) is 2. The van der Waals surface area contributed by atoms with E-state index >= 15 is 0 Å². The summed E-state index contributed by atoms with van der Waals surface area (Å²) >= 11 is 1.64. The van der Waals surface area contributed by atoms with Crippen molar-refractivity contribution in [3.63, 3.8) is 0 Å². The predicted molar refractivity (Wildman–Crippen MR) is 69.5 cm³/mol. The van der Waals surface area contributed by atoms with Gasteiger partial charge in [-0.05, 0) is 31.5 Å². The SMILES string of the molecule is CN1CC(=O)N(c2ccsc2)C[C@]12CCNC2. The van der Waals surface area contributed by atoms with Crippen LogP contribution >= 0.6 is 11.3 Å². The van der Waals surface area contributed by atoms with Gasteiger partial charge in [0.1, 0.15) is 0 Å². The number of carbonyl (C=O) groups excluding carboxylic acids is 1. The molecule has 3 heterocycles. The number of piperazine rings is 1. The van der Waals surface area contributed by atoms with E-state index in [1.54, 1.807) is 11.3 Å². The number of hydrogen-bond donors (Lipinski definition) is 1. The van der Waals surface area contributed by atoms with E-state index in [1.165, 1.54) is 0 Å². The van der Waals surface area contributed by atoms with Crippen molar-refractivity contribution in [1.82, 2.24) is 10.2 Å². The van der Waals surface area contributed by atoms with E-state index in [2.05, 4.69) is 22.6 Å². The normalized spacial score (nSPS) is 30.4. The minimum absolute atomic E-state index is 0.135. The number of anilines is 1. The molecule has 92 valence electrons. The van der Waals surface area contributed by atoms with Crippen molar-refractivity contribution < 1.29 is 4.79 Å². The number of nitrogens with one attached hydrogen (secondary N) is 1. The zero-order chi connectivity index (χ0) is 11.9. The Bertz CT molecular complexity index is 411. The lowest BCUT2D eigenvalue weighted by Crippen LogP contribution is -2.64. The quantitative estimate of drug-likeness (QED) is 0.800. The number of rotatable bonds is 1. The van der Waals surface area contributed by atoms with Gasteiger partial charge in [-0.3, -0.25) is 9.69 Å². The summed E-state index contributed by atoms with van der Waals surface area (Å²) in [6, 6.07) is 2.03. The van der Waals surface area contributed by atoms with Gasteiger partial charge in [-0.2, -0.15) is 11.3 Å². The number of thiophene rings is 1. The molecule has 1 N–H and O–H groups in total. The monoisotopic (exact) mass is 251 g/mol. The van der Waals surface area contributed by atoms with E-state index in [0.717, 1.165) is 31.7 Å². The van der Waals surface area contributed by atoms with Gasteiger partial charge in [-0.15, -0.1) is 0 Å². The smallest absolute Gasteiger partial charge is 0.241 e. The first-order valence-electron chi connectivity index (χ1n) is 5.96. The molecular formula is C12H17N3OS. The maximum atomic E-state index is 12.1. The lowest BCUT2D eigenvalue weighted by Gasteiger charge is -2.46. The average Bonchev–Trinajstić information content (AvgIpc) is 2.96. The van der Waals surface area contributed by atoms with Crippen LogP contribution in [-0.4, -0.2) is 49.6 Å². The summed E-state index contributed by atoms with van der Waals surface area (Å²) in [6.45, 7) is 3.37. The highest BCUT2D eigenvalue weighted by atomic mass is 32.1. The fourth-order valence-corrected chi connectivity index (χ4v) is 3.44. The molecule has 17 heavy (non-hydrogen) atoms. The molecule has 0 unspecified atom stereocenters. The molecule has 0 bridgehead atoms. The van der Waals surface area contributed by atoms with Gasteiger partial charge in [0, 0.05) is 18.5 Å². The Morgan fingerprint density at radius 3 is 3.06 bits per heavy atom. The third kappa shape index (κ3) is 1.78. The zero-order valence-corrected chi connectivity index (χ0v) is 10.8. The van der Waals surface area contributed by atoms with E-state index in [-0.39, 0.29) is 11.4 Å². The van der Waals surface area contributed by atoms with Gasteiger partial charge in [-0.1, -0.05) is 0 Å². The predicted octanol–water partition coefficient (Wildman–Crippen LogP) is 0.759. The minimum Gasteiger partial charge on any atom is -0.315 e. The second kappa shape index (κ2) is 4.08. The average molecular weight is 251 g/mol. The van der Waals surface area contributed by atoms with Crippen molar-refractivity contribution >= 4 is 22.9 Å². The lowest BCUT2D eigenvalue weighted by molar-refractivity contribution is -0.123. The van der Waals surface area contributed by atoms with Crippen molar-refractivity contribution in [2.24, 2.45) is 0 Å². The molecule has 2 saturated heterocycles. The van der Waals surface area contributed by atoms with Gasteiger partial charge in [0.2, 0.25) is 5.91 Å². The third-order valence-electron chi connectivity index (χ3n) is 3.97. The van der Waals surface area contributed by atoms with Crippen LogP contribution in [0.3, 0.4) is 0 Å². The molecule has 2 aliphatic rings. The Morgan fingerprint density at radius 2 is 2.41 bits per heavy atom. The fourth-order valence-electron chi connectivity index (χ4n) is 2.80. The number of carbonyl (C=O) groups is 1. The van der Waals surface area contributed by atoms with Crippen LogP contribution in [0.4, 0.5) is 5.69 Å². The first-order chi connectivity index (χ1) is 8.21. The highest BCUT2D eigenvalue weighted by molar-refractivity contribution is 7.08. The topological polar surface area (TPSA) is 35.6 Å². The summed E-state index contributed by atoms with van der Waals surface area (Å²) in [5, 5.41) is 7.50. The maximum absolute atomic E-state index is 12.1. The summed E-state index contributed by atoms with van der Waals surface area (Å²) < 4.78 is 0. The Hall–Kier alpha value is -0.910. The second-order valence-electron chi connectivity index (χ2n) is 4.97. The molecule has 0 radical (unpaired) electrons. The molecule has 1 spiro atoms. The third-order valence-corrected chi connectivity index (χ3v) is 4.65. The molecule has 1 aromatic rings. The molecule has 2 fully saturated rings. The van der Waals surface area contributed by atoms with E-state index in [1.807, 2.05) is 16.3 Å². The van der Waals surface area contributed by atoms with Crippen molar-refractivity contribution in [2.45, 2.75) is 12.0 Å². The van der Waals surface area contributed by atoms with Crippen LogP contribution < -0.4 is 10.2 Å². The van der Waals surface area contributed by atoms with Crippen LogP contribution in [-0.2, 0) is 4.79 Å². The number of likely N-dealkylation sites (N-methyl/N-ethyl adjacent to an activating group) is 1. The lowest BCUT2D eigenvalue weighted by atomic mass is 9.93. The van der Waals surface area contributed by atoms with Crippen molar-refractivity contribution in [3.8, 4) is 0 Å². The largest absolute Gasteiger partial charge is 0.315 e. The number of hydrogen-bond acceptors (Lipinski definition) is 4. The molecule has 5 heteroatoms. The molecule has 0 saturated carbocycles. The molecule has 1 amide bonds. The highest BCUT2D eigenvalue weighted by Gasteiger charge is 2.45. The van der Waals surface area contributed by atoms with Crippen LogP contribution in [0.5, 0.6) is 0 Å². The van der Waals surface area contributed by atoms with Crippen molar-refractivity contribution in [3.05, 3.63) is 16.8 Å². The second-order valence-corrected chi connectivity index (χ2v) is 5.75. The molecular weight excluding hydrogens is 234 g/mol. The number of amides is 1. The van der Waals surface area contributed by atoms with Crippen LogP contribution in [0.2, 0.25) is 0 Å². The first-order valence-corrected chi connectivity index (χ1v) is 6.90. The Labute approximate surface area is 105 Å². The standard InChI is InChI=1S/C12H17N3OS/c1-14-6-11(16)15(10-2-5-17-7-10)9-12(14)3-4-13-8-12/h2,5,7,13H,3-4,6,8-9H2,1H3/t12-/m1/s1. The Kier molecular flexibility index (Phi) is 2.69. The zero-order valence-electron chi connectivity index (χ0n) is 9.98. The first kappa shape index (κ1) is 11.2. The molecule has 4 nitrogen and oxygen atoms in total. The maximum Gasteiger partial charge on any atom is 0.241 e. The van der Waals surface area contributed by atoms with Crippen molar-refractivity contribution in [2.75, 3.05) is 38.1 Å². The van der Waals surface area contributed by atoms with Gasteiger partial charge in [0.25, 0.3) is 0 Å². The summed E-state index contributed by atoms with van der Waals surface area (Å²) in [7, 11) is 2.07. The minimum atomic E-state index is 0.135. The van der Waals surface area contributed by atoms with E-state index in [0.29, 0.717) is 6.54 Å². The van der Waals surface area contributed by atoms with Gasteiger partial charge in [0.05, 0.1) is 17.8 Å². The van der Waals surface area contributed by atoms with Gasteiger partial charge in [-0.25, -0.2) is 0 Å². The molecule has 1 aromatic heterocycles. The molecule has 2 aliphatic heterocycles. The van der Waals surface area contributed by atoms with Crippen LogP contribution in [0.25, 0.3) is 0 Å². The van der Waals surface area contributed by atoms with Gasteiger partial charge < -0.3 is 10.2 Å². The van der Waals surface area contributed by atoms with E-state index in [4.69, 9.17) is 0 Å². The summed E-state index contributed by atoms with van der Waals surface area (Å²) in [5.74, 6) is 0.212. The molecule has 0 aliphatic carbocycles. The molecule has 0 aromatic carbocycles. The molecule has 3 rings (SSSR count). The van der Waals surface area contributed by atoms with Gasteiger partial charge >= 0.3 is 0 Å². The Morgan fingerprint density at radius 1 is 1.53 bits per heavy atom. The molecule has 1 atom stereocenters. The van der Waals surface area contributed by atoms with Crippen LogP contribution in [0.1, 0.15) is 6.42 Å². The van der Waals surface area contributed by atoms with Crippen LogP contribution in [0, 0.1) is 0 Å². The van der Waals surface area contributed by atoms with E-state index < -0.39 is 0 Å². The highest BCUT2D eigenvalue weighted by Crippen LogP contribution is 2.30. The summed E-state index contributed by atoms with van der Waals surface area (Å²) in [6.07, 6.45) is 1.12.